The van der Waals surface area contributed by atoms with Gasteiger partial charge in [-0.25, -0.2) is 9.18 Å². The number of hydrogen-bond donors (Lipinski definition) is 1. The van der Waals surface area contributed by atoms with Gasteiger partial charge in [0.15, 0.2) is 0 Å². The Morgan fingerprint density at radius 1 is 1.39 bits per heavy atom. The van der Waals surface area contributed by atoms with Gasteiger partial charge in [-0.05, 0) is 26.0 Å². The number of halogens is 2. The van der Waals surface area contributed by atoms with Crippen LogP contribution in [0.15, 0.2) is 18.2 Å². The molecule has 0 saturated heterocycles. The Morgan fingerprint density at radius 3 is 2.70 bits per heavy atom. The van der Waals surface area contributed by atoms with E-state index in [2.05, 4.69) is 10.4 Å². The summed E-state index contributed by atoms with van der Waals surface area (Å²) in [5, 5.41) is 6.52. The molecule has 8 heteroatoms. The van der Waals surface area contributed by atoms with Crippen LogP contribution in [-0.4, -0.2) is 28.3 Å². The molecule has 23 heavy (non-hydrogen) atoms. The van der Waals surface area contributed by atoms with Crippen molar-refractivity contribution in [1.82, 2.24) is 9.78 Å². The van der Waals surface area contributed by atoms with Crippen LogP contribution in [0.25, 0.3) is 0 Å². The van der Waals surface area contributed by atoms with Crippen molar-refractivity contribution < 1.29 is 18.7 Å². The number of carbonyl (C=O) groups is 2. The second kappa shape index (κ2) is 6.78. The van der Waals surface area contributed by atoms with Crippen molar-refractivity contribution in [3.63, 3.8) is 0 Å². The first-order valence-electron chi connectivity index (χ1n) is 6.82. The molecule has 0 saturated carbocycles. The van der Waals surface area contributed by atoms with Crippen LogP contribution in [0.3, 0.4) is 0 Å². The van der Waals surface area contributed by atoms with Crippen LogP contribution < -0.4 is 5.32 Å². The zero-order valence-electron chi connectivity index (χ0n) is 12.8. The fraction of sp³-hybridized carbons (Fsp3) is 0.267. The minimum Gasteiger partial charge on any atom is -0.462 e. The minimum absolute atomic E-state index is 0.0286. The highest BCUT2D eigenvalue weighted by Gasteiger charge is 2.25. The number of esters is 1. The Hall–Kier alpha value is -2.41. The molecule has 1 heterocycles. The highest BCUT2D eigenvalue weighted by atomic mass is 35.5. The van der Waals surface area contributed by atoms with E-state index in [0.29, 0.717) is 5.69 Å². The molecule has 2 rings (SSSR count). The van der Waals surface area contributed by atoms with Crippen molar-refractivity contribution >= 4 is 29.3 Å². The van der Waals surface area contributed by atoms with Crippen molar-refractivity contribution in [2.75, 3.05) is 11.9 Å². The maximum absolute atomic E-state index is 13.8. The van der Waals surface area contributed by atoms with Gasteiger partial charge in [0.2, 0.25) is 0 Å². The van der Waals surface area contributed by atoms with Crippen LogP contribution in [0, 0.1) is 12.7 Å². The molecule has 0 fully saturated rings. The van der Waals surface area contributed by atoms with E-state index in [-0.39, 0.29) is 28.6 Å². The number of nitrogens with one attached hydrogen (secondary N) is 1. The van der Waals surface area contributed by atoms with Gasteiger partial charge in [-0.2, -0.15) is 5.10 Å². The van der Waals surface area contributed by atoms with Crippen LogP contribution >= 0.6 is 11.6 Å². The third-order valence-corrected chi connectivity index (χ3v) is 3.44. The summed E-state index contributed by atoms with van der Waals surface area (Å²) in [6, 6.07) is 3.93. The zero-order chi connectivity index (χ0) is 17.1. The smallest absolute Gasteiger partial charge is 0.343 e. The molecule has 1 aromatic carbocycles. The number of nitrogens with zero attached hydrogens (tertiary/aromatic N) is 2. The molecule has 0 atom stereocenters. The number of carbonyl (C=O) groups excluding carboxylic acids is 2. The maximum atomic E-state index is 13.8. The fourth-order valence-corrected chi connectivity index (χ4v) is 2.38. The summed E-state index contributed by atoms with van der Waals surface area (Å²) in [4.78, 5) is 24.3. The van der Waals surface area contributed by atoms with Crippen LogP contribution in [0.1, 0.15) is 33.3 Å². The first kappa shape index (κ1) is 17.0. The van der Waals surface area contributed by atoms with Gasteiger partial charge in [0.05, 0.1) is 22.9 Å². The summed E-state index contributed by atoms with van der Waals surface area (Å²) in [6.45, 7) is 3.46. The summed E-state index contributed by atoms with van der Waals surface area (Å²) in [5.41, 5.74) is 0.207. The zero-order valence-corrected chi connectivity index (χ0v) is 13.6. The van der Waals surface area contributed by atoms with Crippen molar-refractivity contribution in [2.45, 2.75) is 13.8 Å². The van der Waals surface area contributed by atoms with E-state index in [4.69, 9.17) is 16.3 Å². The second-order valence-electron chi connectivity index (χ2n) is 4.70. The molecule has 6 nitrogen and oxygen atoms in total. The molecule has 1 N–H and O–H groups in total. The molecule has 0 aliphatic heterocycles. The molecule has 122 valence electrons. The minimum atomic E-state index is -0.776. The molecule has 0 aliphatic carbocycles. The molecule has 0 unspecified atom stereocenters. The first-order valence-corrected chi connectivity index (χ1v) is 7.20. The molecule has 0 aliphatic rings. The summed E-state index contributed by atoms with van der Waals surface area (Å²) < 4.78 is 20.1. The normalized spacial score (nSPS) is 10.5. The van der Waals surface area contributed by atoms with Gasteiger partial charge in [-0.1, -0.05) is 17.7 Å². The van der Waals surface area contributed by atoms with Gasteiger partial charge in [-0.3, -0.25) is 9.48 Å². The average Bonchev–Trinajstić information content (AvgIpc) is 2.73. The number of amides is 1. The van der Waals surface area contributed by atoms with Gasteiger partial charge in [0, 0.05) is 7.05 Å². The molecular formula is C15H15ClFN3O3. The monoisotopic (exact) mass is 339 g/mol. The van der Waals surface area contributed by atoms with Crippen LogP contribution in [0.4, 0.5) is 10.2 Å². The lowest BCUT2D eigenvalue weighted by atomic mass is 10.2. The molecular weight excluding hydrogens is 325 g/mol. The first-order chi connectivity index (χ1) is 10.9. The number of ether oxygens (including phenoxy) is 1. The van der Waals surface area contributed by atoms with Crippen LogP contribution in [-0.2, 0) is 11.8 Å². The molecule has 0 bridgehead atoms. The van der Waals surface area contributed by atoms with E-state index in [0.717, 1.165) is 6.07 Å². The fourth-order valence-electron chi connectivity index (χ4n) is 2.13. The molecule has 2 aromatic rings. The Bertz CT molecular complexity index is 753. The molecule has 0 radical (unpaired) electrons. The van der Waals surface area contributed by atoms with Crippen LogP contribution in [0.5, 0.6) is 0 Å². The van der Waals surface area contributed by atoms with E-state index >= 15 is 0 Å². The Kier molecular flexibility index (Phi) is 5.00. The summed E-state index contributed by atoms with van der Waals surface area (Å²) in [7, 11) is 1.55. The Morgan fingerprint density at radius 2 is 2.09 bits per heavy atom. The second-order valence-corrected chi connectivity index (χ2v) is 5.11. The lowest BCUT2D eigenvalue weighted by Gasteiger charge is -2.10. The summed E-state index contributed by atoms with van der Waals surface area (Å²) in [6.07, 6.45) is 0. The molecule has 1 aromatic heterocycles. The molecule has 0 spiro atoms. The lowest BCUT2D eigenvalue weighted by Crippen LogP contribution is -2.19. The molecule has 1 amide bonds. The van der Waals surface area contributed by atoms with Gasteiger partial charge >= 0.3 is 5.97 Å². The van der Waals surface area contributed by atoms with Crippen molar-refractivity contribution in [1.29, 1.82) is 0 Å². The van der Waals surface area contributed by atoms with Crippen LogP contribution in [0.2, 0.25) is 5.02 Å². The summed E-state index contributed by atoms with van der Waals surface area (Å²) in [5.74, 6) is -2.04. The number of aryl methyl sites for hydroxylation is 2. The van der Waals surface area contributed by atoms with Gasteiger partial charge in [0.1, 0.15) is 17.2 Å². The van der Waals surface area contributed by atoms with E-state index < -0.39 is 17.7 Å². The van der Waals surface area contributed by atoms with Crippen molar-refractivity contribution in [3.05, 3.63) is 45.9 Å². The largest absolute Gasteiger partial charge is 0.462 e. The number of rotatable bonds is 4. The number of anilines is 1. The Labute approximate surface area is 137 Å². The highest BCUT2D eigenvalue weighted by molar-refractivity contribution is 6.34. The average molecular weight is 340 g/mol. The third-order valence-electron chi connectivity index (χ3n) is 3.12. The van der Waals surface area contributed by atoms with E-state index in [1.54, 1.807) is 20.9 Å². The number of aromatic nitrogens is 2. The van der Waals surface area contributed by atoms with Gasteiger partial charge in [-0.15, -0.1) is 0 Å². The third kappa shape index (κ3) is 3.34. The quantitative estimate of drug-likeness (QED) is 0.869. The van der Waals surface area contributed by atoms with E-state index in [1.165, 1.54) is 16.8 Å². The number of benzene rings is 1. The SMILES string of the molecule is CCOC(=O)c1c(C)nn(C)c1NC(=O)c1c(F)cccc1Cl. The lowest BCUT2D eigenvalue weighted by molar-refractivity contribution is 0.0526. The Balaban J connectivity index is 2.41. The van der Waals surface area contributed by atoms with Crippen molar-refractivity contribution in [2.24, 2.45) is 7.05 Å². The van der Waals surface area contributed by atoms with Gasteiger partial charge < -0.3 is 10.1 Å². The predicted octanol–water partition coefficient (Wildman–Crippen LogP) is 2.95. The number of hydrogen-bond acceptors (Lipinski definition) is 4. The summed E-state index contributed by atoms with van der Waals surface area (Å²) >= 11 is 5.87. The standard InChI is InChI=1S/C15H15ClFN3O3/c1-4-23-15(22)11-8(2)19-20(3)13(11)18-14(21)12-9(16)6-5-7-10(12)17/h5-7H,4H2,1-3H3,(H,18,21). The van der Waals surface area contributed by atoms with Gasteiger partial charge in [0.25, 0.3) is 5.91 Å². The maximum Gasteiger partial charge on any atom is 0.343 e. The predicted molar refractivity (Wildman–Crippen MR) is 83.3 cm³/mol. The van der Waals surface area contributed by atoms with Crippen molar-refractivity contribution in [3.8, 4) is 0 Å². The highest BCUT2D eigenvalue weighted by Crippen LogP contribution is 2.24. The van der Waals surface area contributed by atoms with E-state index in [9.17, 15) is 14.0 Å². The topological polar surface area (TPSA) is 73.2 Å². The van der Waals surface area contributed by atoms with E-state index in [1.807, 2.05) is 0 Å².